The Bertz CT molecular complexity index is 860. The van der Waals surface area contributed by atoms with Gasteiger partial charge in [0.15, 0.2) is 11.5 Å². The van der Waals surface area contributed by atoms with E-state index in [4.69, 9.17) is 7.85 Å². The van der Waals surface area contributed by atoms with E-state index < -0.39 is 17.1 Å². The van der Waals surface area contributed by atoms with Crippen molar-refractivity contribution in [1.82, 2.24) is 4.98 Å². The number of aromatic nitrogens is 1. The number of alkyl halides is 3. The molecule has 2 radical (unpaired) electrons. The van der Waals surface area contributed by atoms with E-state index in [2.05, 4.69) is 20.8 Å². The van der Waals surface area contributed by atoms with Crippen LogP contribution >= 0.6 is 0 Å². The van der Waals surface area contributed by atoms with Gasteiger partial charge in [0.05, 0.1) is 19.0 Å². The number of aliphatic hydroxyl groups is 1. The van der Waals surface area contributed by atoms with Crippen LogP contribution in [0.3, 0.4) is 0 Å². The fraction of sp³-hybridized carbons (Fsp3) is 0.250. The maximum atomic E-state index is 13.1. The lowest BCUT2D eigenvalue weighted by molar-refractivity contribution is -0.138. The molecule has 1 aromatic rings. The van der Waals surface area contributed by atoms with Crippen molar-refractivity contribution in [1.29, 1.82) is 0 Å². The van der Waals surface area contributed by atoms with E-state index in [9.17, 15) is 18.3 Å². The van der Waals surface area contributed by atoms with Crippen molar-refractivity contribution in [2.24, 2.45) is 9.98 Å². The van der Waals surface area contributed by atoms with E-state index in [0.29, 0.717) is 6.42 Å². The summed E-state index contributed by atoms with van der Waals surface area (Å²) in [5.41, 5.74) is -1.16. The molecule has 1 atom stereocenters. The third-order valence-corrected chi connectivity index (χ3v) is 3.55. The lowest BCUT2D eigenvalue weighted by Crippen LogP contribution is -2.14. The first-order valence-electron chi connectivity index (χ1n) is 7.04. The lowest BCUT2D eigenvalue weighted by atomic mass is 9.65. The average Bonchev–Trinajstić information content (AvgIpc) is 2.98. The number of amidine groups is 1. The van der Waals surface area contributed by atoms with Crippen LogP contribution in [-0.4, -0.2) is 29.6 Å². The van der Waals surface area contributed by atoms with Crippen LogP contribution in [0.15, 0.2) is 51.8 Å². The molecule has 1 unspecified atom stereocenters. The van der Waals surface area contributed by atoms with Gasteiger partial charge in [-0.15, -0.1) is 0 Å². The van der Waals surface area contributed by atoms with Crippen LogP contribution in [0, 0.1) is 0 Å². The molecule has 1 aliphatic carbocycles. The number of halogens is 3. The highest BCUT2D eigenvalue weighted by atomic mass is 19.4. The Balaban J connectivity index is 2.00. The molecule has 2 heterocycles. The van der Waals surface area contributed by atoms with Gasteiger partial charge in [-0.25, -0.2) is 4.99 Å². The van der Waals surface area contributed by atoms with E-state index in [1.54, 1.807) is 13.0 Å². The van der Waals surface area contributed by atoms with Gasteiger partial charge in [0.1, 0.15) is 11.5 Å². The van der Waals surface area contributed by atoms with Crippen molar-refractivity contribution < 1.29 is 18.3 Å². The smallest absolute Gasteiger partial charge is 0.418 e. The summed E-state index contributed by atoms with van der Waals surface area (Å²) >= 11 is 0. The number of allylic oxidation sites excluding steroid dienone is 2. The molecule has 120 valence electrons. The van der Waals surface area contributed by atoms with Crippen molar-refractivity contribution >= 4 is 25.2 Å². The predicted octanol–water partition coefficient (Wildman–Crippen LogP) is 3.64. The Labute approximate surface area is 137 Å². The van der Waals surface area contributed by atoms with Gasteiger partial charge < -0.3 is 5.11 Å². The summed E-state index contributed by atoms with van der Waals surface area (Å²) in [4.78, 5) is 11.7. The number of rotatable bonds is 2. The quantitative estimate of drug-likeness (QED) is 0.842. The molecule has 0 amide bonds. The van der Waals surface area contributed by atoms with Gasteiger partial charge >= 0.3 is 6.18 Å². The largest absolute Gasteiger partial charge is 0.508 e. The van der Waals surface area contributed by atoms with Gasteiger partial charge in [0.25, 0.3) is 0 Å². The first-order valence-corrected chi connectivity index (χ1v) is 7.04. The average molecular weight is 329 g/mol. The molecule has 1 aliphatic heterocycles. The standard InChI is InChI=1S/C16H11BF3N3O/c1-15(17)5-4-12(24)9(7-15)14-22-8-11(23-14)13-10(16(18,19)20)3-2-6-21-13/h2-4,6-7,24H,5H2,1H3. The van der Waals surface area contributed by atoms with Crippen LogP contribution in [-0.2, 0) is 6.18 Å². The molecule has 4 nitrogen and oxygen atoms in total. The van der Waals surface area contributed by atoms with E-state index in [1.807, 2.05) is 0 Å². The van der Waals surface area contributed by atoms with Gasteiger partial charge in [-0.05, 0) is 29.9 Å². The van der Waals surface area contributed by atoms with Crippen LogP contribution in [0.1, 0.15) is 24.6 Å². The van der Waals surface area contributed by atoms with Crippen LogP contribution in [0.5, 0.6) is 0 Å². The number of hydrogen-bond acceptors (Lipinski definition) is 4. The Morgan fingerprint density at radius 3 is 2.83 bits per heavy atom. The zero-order chi connectivity index (χ0) is 17.5. The SMILES string of the molecule is [B]C1(C)C=C(C2=NC(c3ncccc3C(F)(F)F)=C=N2)C(O)=CC1. The molecule has 0 aromatic carbocycles. The first kappa shape index (κ1) is 16.3. The molecule has 1 N–H and O–H groups in total. The van der Waals surface area contributed by atoms with Gasteiger partial charge in [-0.3, -0.25) is 4.98 Å². The second-order valence-corrected chi connectivity index (χ2v) is 5.76. The van der Waals surface area contributed by atoms with Crippen LogP contribution < -0.4 is 0 Å². The first-order chi connectivity index (χ1) is 11.2. The Morgan fingerprint density at radius 2 is 2.12 bits per heavy atom. The summed E-state index contributed by atoms with van der Waals surface area (Å²) in [5, 5.41) is 9.26. The number of nitrogens with zero attached hydrogens (tertiary/aromatic N) is 3. The summed E-state index contributed by atoms with van der Waals surface area (Å²) in [7, 11) is 6.01. The summed E-state index contributed by atoms with van der Waals surface area (Å²) in [5.74, 6) is 2.42. The molecule has 0 fully saturated rings. The molecular formula is C16H11BF3N3O. The Morgan fingerprint density at radius 1 is 1.38 bits per heavy atom. The van der Waals surface area contributed by atoms with E-state index >= 15 is 0 Å². The molecular weight excluding hydrogens is 318 g/mol. The number of pyridine rings is 1. The summed E-state index contributed by atoms with van der Waals surface area (Å²) < 4.78 is 39.2. The molecule has 24 heavy (non-hydrogen) atoms. The third kappa shape index (κ3) is 3.05. The van der Waals surface area contributed by atoms with Crippen molar-refractivity contribution in [3.63, 3.8) is 0 Å². The Hall–Kier alpha value is -2.60. The number of hydrogen-bond donors (Lipinski definition) is 1. The molecule has 0 bridgehead atoms. The molecule has 8 heteroatoms. The maximum absolute atomic E-state index is 13.1. The molecule has 2 aliphatic rings. The van der Waals surface area contributed by atoms with Crippen LogP contribution in [0.4, 0.5) is 13.2 Å². The topological polar surface area (TPSA) is 57.8 Å². The van der Waals surface area contributed by atoms with E-state index in [1.165, 1.54) is 18.3 Å². The minimum atomic E-state index is -4.57. The molecule has 0 saturated carbocycles. The van der Waals surface area contributed by atoms with Gasteiger partial charge in [-0.1, -0.05) is 13.0 Å². The number of aliphatic imine (C=N–C) groups is 2. The monoisotopic (exact) mass is 329 g/mol. The van der Waals surface area contributed by atoms with E-state index in [-0.39, 0.29) is 28.6 Å². The normalized spacial score (nSPS) is 23.5. The molecule has 3 rings (SSSR count). The fourth-order valence-electron chi connectivity index (χ4n) is 2.38. The third-order valence-electron chi connectivity index (χ3n) is 3.55. The molecule has 1 aromatic heterocycles. The summed E-state index contributed by atoms with van der Waals surface area (Å²) in [6, 6.07) is 2.11. The van der Waals surface area contributed by atoms with Crippen LogP contribution in [0.2, 0.25) is 5.31 Å². The van der Waals surface area contributed by atoms with Crippen LogP contribution in [0.25, 0.3) is 5.70 Å². The highest BCUT2D eigenvalue weighted by molar-refractivity contribution is 6.19. The minimum Gasteiger partial charge on any atom is -0.508 e. The highest BCUT2D eigenvalue weighted by Gasteiger charge is 2.35. The zero-order valence-corrected chi connectivity index (χ0v) is 12.6. The van der Waals surface area contributed by atoms with Gasteiger partial charge in [0.2, 0.25) is 0 Å². The van der Waals surface area contributed by atoms with Crippen molar-refractivity contribution in [3.05, 3.63) is 53.1 Å². The van der Waals surface area contributed by atoms with Crippen molar-refractivity contribution in [2.45, 2.75) is 24.8 Å². The highest BCUT2D eigenvalue weighted by Crippen LogP contribution is 2.38. The fourth-order valence-corrected chi connectivity index (χ4v) is 2.38. The summed E-state index contributed by atoms with van der Waals surface area (Å²) in [6.07, 6.45) is 0.198. The minimum absolute atomic E-state index is 0.0499. The second-order valence-electron chi connectivity index (χ2n) is 5.76. The van der Waals surface area contributed by atoms with Gasteiger partial charge in [-0.2, -0.15) is 18.2 Å². The van der Waals surface area contributed by atoms with Gasteiger partial charge in [0, 0.05) is 12.1 Å². The maximum Gasteiger partial charge on any atom is 0.418 e. The second kappa shape index (κ2) is 5.49. The number of aliphatic hydroxyl groups excluding tert-OH is 1. The lowest BCUT2D eigenvalue weighted by Gasteiger charge is -2.24. The van der Waals surface area contributed by atoms with E-state index in [0.717, 1.165) is 6.07 Å². The van der Waals surface area contributed by atoms with Crippen molar-refractivity contribution in [2.75, 3.05) is 0 Å². The van der Waals surface area contributed by atoms with Crippen molar-refractivity contribution in [3.8, 4) is 0 Å². The molecule has 0 saturated heterocycles. The Kier molecular flexibility index (Phi) is 3.72. The predicted molar refractivity (Wildman–Crippen MR) is 85.0 cm³/mol. The zero-order valence-electron chi connectivity index (χ0n) is 12.6. The molecule has 0 spiro atoms. The summed E-state index contributed by atoms with van der Waals surface area (Å²) in [6.45, 7) is 1.75.